The first-order valence-corrected chi connectivity index (χ1v) is 5.45. The molecule has 2 aromatic carbocycles. The van der Waals surface area contributed by atoms with Gasteiger partial charge >= 0.3 is 6.03 Å². The van der Waals surface area contributed by atoms with Crippen LogP contribution in [-0.4, -0.2) is 12.0 Å². The second kappa shape index (κ2) is 5.58. The zero-order valence-corrected chi connectivity index (χ0v) is 9.95. The number of amides is 2. The van der Waals surface area contributed by atoms with Crippen molar-refractivity contribution in [3.05, 3.63) is 42.5 Å². The van der Waals surface area contributed by atoms with Crippen molar-refractivity contribution < 1.29 is 4.79 Å². The zero-order valence-electron chi connectivity index (χ0n) is 9.95. The van der Waals surface area contributed by atoms with Gasteiger partial charge in [0.2, 0.25) is 5.96 Å². The van der Waals surface area contributed by atoms with E-state index in [4.69, 9.17) is 11.5 Å². The number of nitrogens with two attached hydrogens (primary N) is 2. The molecule has 5 N–H and O–H groups in total. The van der Waals surface area contributed by atoms with Crippen LogP contribution in [0.1, 0.15) is 0 Å². The van der Waals surface area contributed by atoms with Crippen molar-refractivity contribution in [1.29, 1.82) is 0 Å². The third kappa shape index (κ3) is 3.25. The molecule has 0 atom stereocenters. The molecule has 0 aromatic heterocycles. The Balaban J connectivity index is 2.24. The minimum Gasteiger partial charge on any atom is -0.368 e. The number of rotatable bonds is 2. The lowest BCUT2D eigenvalue weighted by Crippen LogP contribution is -2.39. The molecule has 0 spiro atoms. The minimum absolute atomic E-state index is 0.212. The molecule has 96 valence electrons. The van der Waals surface area contributed by atoms with Crippen LogP contribution in [-0.2, 0) is 0 Å². The molecule has 2 rings (SSSR count). The number of nitrogens with one attached hydrogen (secondary N) is 1. The van der Waals surface area contributed by atoms with Crippen molar-refractivity contribution in [2.24, 2.45) is 26.9 Å². The Morgan fingerprint density at radius 1 is 1.05 bits per heavy atom. The van der Waals surface area contributed by atoms with Gasteiger partial charge in [-0.15, -0.1) is 5.11 Å². The summed E-state index contributed by atoms with van der Waals surface area (Å²) < 4.78 is 0. The Morgan fingerprint density at radius 3 is 2.58 bits per heavy atom. The number of urea groups is 1. The Morgan fingerprint density at radius 2 is 1.79 bits per heavy atom. The van der Waals surface area contributed by atoms with E-state index in [2.05, 4.69) is 20.8 Å². The molecule has 0 fully saturated rings. The fourth-order valence-electron chi connectivity index (χ4n) is 1.57. The van der Waals surface area contributed by atoms with Gasteiger partial charge in [0, 0.05) is 5.39 Å². The number of guanidine groups is 1. The average molecular weight is 256 g/mol. The highest BCUT2D eigenvalue weighted by atomic mass is 16.2. The molecule has 0 aliphatic heterocycles. The van der Waals surface area contributed by atoms with E-state index in [1.165, 1.54) is 0 Å². The second-order valence-corrected chi connectivity index (χ2v) is 3.66. The molecular formula is C12H12N6O. The van der Waals surface area contributed by atoms with Gasteiger partial charge < -0.3 is 11.5 Å². The zero-order chi connectivity index (χ0) is 13.7. The first-order chi connectivity index (χ1) is 9.16. The fourth-order valence-corrected chi connectivity index (χ4v) is 1.57. The summed E-state index contributed by atoms with van der Waals surface area (Å²) in [7, 11) is 0. The quantitative estimate of drug-likeness (QED) is 0.329. The number of nitrogens with zero attached hydrogens (tertiary/aromatic N) is 3. The van der Waals surface area contributed by atoms with Gasteiger partial charge in [-0.05, 0) is 16.7 Å². The molecule has 19 heavy (non-hydrogen) atoms. The van der Waals surface area contributed by atoms with Crippen LogP contribution in [0.3, 0.4) is 0 Å². The molecule has 0 heterocycles. The summed E-state index contributed by atoms with van der Waals surface area (Å²) in [5.41, 5.74) is 10.9. The van der Waals surface area contributed by atoms with E-state index >= 15 is 0 Å². The van der Waals surface area contributed by atoms with E-state index < -0.39 is 6.03 Å². The number of carbonyl (C=O) groups excluding carboxylic acids is 1. The van der Waals surface area contributed by atoms with Crippen LogP contribution in [0.15, 0.2) is 57.9 Å². The molecule has 0 unspecified atom stereocenters. The van der Waals surface area contributed by atoms with Crippen molar-refractivity contribution in [2.45, 2.75) is 0 Å². The summed E-state index contributed by atoms with van der Waals surface area (Å²) in [6.07, 6.45) is 0. The molecule has 0 radical (unpaired) electrons. The molecule has 0 bridgehead atoms. The molecule has 0 aliphatic rings. The number of primary amides is 1. The number of benzene rings is 2. The highest BCUT2D eigenvalue weighted by molar-refractivity contribution is 5.94. The highest BCUT2D eigenvalue weighted by Crippen LogP contribution is 2.25. The first-order valence-electron chi connectivity index (χ1n) is 5.45. The largest absolute Gasteiger partial charge is 0.368 e. The summed E-state index contributed by atoms with van der Waals surface area (Å²) in [5.74, 6) is -0.212. The Labute approximate surface area is 109 Å². The van der Waals surface area contributed by atoms with Gasteiger partial charge in [-0.1, -0.05) is 41.5 Å². The topological polar surface area (TPSA) is 118 Å². The standard InChI is InChI=1S/C12H12N6O/c13-11(15-12(14)19)17-18-16-10-7-3-5-8-4-1-2-6-9(8)10/h1-7H,(H5,13,14,15,16,17,19). The van der Waals surface area contributed by atoms with E-state index in [0.29, 0.717) is 5.69 Å². The van der Waals surface area contributed by atoms with E-state index in [-0.39, 0.29) is 5.96 Å². The predicted octanol–water partition coefficient (Wildman–Crippen LogP) is 1.82. The van der Waals surface area contributed by atoms with Crippen LogP contribution in [0.4, 0.5) is 10.5 Å². The van der Waals surface area contributed by atoms with Crippen molar-refractivity contribution in [3.63, 3.8) is 0 Å². The van der Waals surface area contributed by atoms with Crippen molar-refractivity contribution >= 4 is 28.5 Å². The summed E-state index contributed by atoms with van der Waals surface area (Å²) in [5, 5.41) is 15.1. The van der Waals surface area contributed by atoms with Crippen LogP contribution in [0, 0.1) is 0 Å². The van der Waals surface area contributed by atoms with Crippen molar-refractivity contribution in [3.8, 4) is 0 Å². The Kier molecular flexibility index (Phi) is 3.67. The maximum Gasteiger partial charge on any atom is 0.318 e. The molecule has 0 aliphatic carbocycles. The first kappa shape index (κ1) is 12.5. The van der Waals surface area contributed by atoms with Crippen LogP contribution in [0.5, 0.6) is 0 Å². The lowest BCUT2D eigenvalue weighted by molar-refractivity contribution is 0.253. The monoisotopic (exact) mass is 256 g/mol. The van der Waals surface area contributed by atoms with Gasteiger partial charge in [0.25, 0.3) is 0 Å². The van der Waals surface area contributed by atoms with Crippen LogP contribution >= 0.6 is 0 Å². The highest BCUT2D eigenvalue weighted by Gasteiger charge is 1.98. The van der Waals surface area contributed by atoms with Gasteiger partial charge in [-0.2, -0.15) is 0 Å². The van der Waals surface area contributed by atoms with Crippen molar-refractivity contribution in [2.75, 3.05) is 0 Å². The lowest BCUT2D eigenvalue weighted by atomic mass is 10.1. The minimum atomic E-state index is -0.804. The van der Waals surface area contributed by atoms with E-state index in [1.54, 1.807) is 6.07 Å². The normalized spacial score (nSPS) is 11.9. The summed E-state index contributed by atoms with van der Waals surface area (Å²) >= 11 is 0. The fraction of sp³-hybridized carbons (Fsp3) is 0. The SMILES string of the molecule is NC(=O)N/C(N)=N\N=Nc1cccc2ccccc12. The van der Waals surface area contributed by atoms with Crippen LogP contribution in [0.2, 0.25) is 0 Å². The number of hydrogen-bond donors (Lipinski definition) is 3. The van der Waals surface area contributed by atoms with Crippen molar-refractivity contribution in [1.82, 2.24) is 5.32 Å². The maximum atomic E-state index is 10.5. The molecule has 0 saturated carbocycles. The molecule has 7 heteroatoms. The Hall–Kier alpha value is -2.96. The van der Waals surface area contributed by atoms with Gasteiger partial charge in [-0.3, -0.25) is 5.32 Å². The van der Waals surface area contributed by atoms with Crippen LogP contribution < -0.4 is 16.8 Å². The number of fused-ring (bicyclic) bond motifs is 1. The molecule has 2 aromatic rings. The molecule has 0 saturated heterocycles. The third-order valence-corrected chi connectivity index (χ3v) is 2.32. The average Bonchev–Trinajstić information content (AvgIpc) is 2.38. The number of hydrogen-bond acceptors (Lipinski definition) is 3. The summed E-state index contributed by atoms with van der Waals surface area (Å²) in [6, 6.07) is 12.6. The maximum absolute atomic E-state index is 10.5. The number of carbonyl (C=O) groups is 1. The van der Waals surface area contributed by atoms with Crippen LogP contribution in [0.25, 0.3) is 10.8 Å². The second-order valence-electron chi connectivity index (χ2n) is 3.66. The summed E-state index contributed by atoms with van der Waals surface area (Å²) in [4.78, 5) is 10.5. The van der Waals surface area contributed by atoms with Gasteiger partial charge in [-0.25, -0.2) is 4.79 Å². The van der Waals surface area contributed by atoms with Gasteiger partial charge in [0.1, 0.15) is 0 Å². The van der Waals surface area contributed by atoms with Gasteiger partial charge in [0.15, 0.2) is 0 Å². The molecule has 2 amide bonds. The Bertz CT molecular complexity index is 659. The molecular weight excluding hydrogens is 244 g/mol. The van der Waals surface area contributed by atoms with E-state index in [0.717, 1.165) is 10.8 Å². The third-order valence-electron chi connectivity index (χ3n) is 2.32. The lowest BCUT2D eigenvalue weighted by Gasteiger charge is -1.99. The molecule has 7 nitrogen and oxygen atoms in total. The predicted molar refractivity (Wildman–Crippen MR) is 72.8 cm³/mol. The van der Waals surface area contributed by atoms with E-state index in [9.17, 15) is 4.79 Å². The van der Waals surface area contributed by atoms with E-state index in [1.807, 2.05) is 36.4 Å². The van der Waals surface area contributed by atoms with Gasteiger partial charge in [0.05, 0.1) is 5.69 Å². The smallest absolute Gasteiger partial charge is 0.318 e. The summed E-state index contributed by atoms with van der Waals surface area (Å²) in [6.45, 7) is 0.